The first kappa shape index (κ1) is 21.7. The van der Waals surface area contributed by atoms with Gasteiger partial charge in [-0.3, -0.25) is 9.36 Å². The smallest absolute Gasteiger partial charge is 0.234 e. The number of hydrogen-bond donors (Lipinski definition) is 1. The molecule has 0 saturated heterocycles. The van der Waals surface area contributed by atoms with E-state index in [0.29, 0.717) is 21.6 Å². The molecule has 0 aliphatic heterocycles. The molecule has 0 atom stereocenters. The van der Waals surface area contributed by atoms with Crippen molar-refractivity contribution in [3.8, 4) is 17.1 Å². The molecule has 0 aliphatic rings. The minimum atomic E-state index is -0.175. The number of nitrogens with zero attached hydrogens (tertiary/aromatic N) is 3. The number of methoxy groups -OCH3 is 1. The summed E-state index contributed by atoms with van der Waals surface area (Å²) in [6.07, 6.45) is 0. The average molecular weight is 473 g/mol. The van der Waals surface area contributed by atoms with Crippen LogP contribution in [0.2, 0.25) is 5.02 Å². The van der Waals surface area contributed by atoms with Gasteiger partial charge in [0.2, 0.25) is 5.91 Å². The van der Waals surface area contributed by atoms with Gasteiger partial charge >= 0.3 is 0 Å². The van der Waals surface area contributed by atoms with Gasteiger partial charge in [0.15, 0.2) is 11.0 Å². The summed E-state index contributed by atoms with van der Waals surface area (Å²) in [4.78, 5) is 12.6. The van der Waals surface area contributed by atoms with E-state index in [9.17, 15) is 4.79 Å². The van der Waals surface area contributed by atoms with Crippen LogP contribution in [0.25, 0.3) is 21.5 Å². The molecule has 0 radical (unpaired) electrons. The van der Waals surface area contributed by atoms with E-state index in [1.54, 1.807) is 36.6 Å². The number of thioether (sulfide) groups is 1. The lowest BCUT2D eigenvalue weighted by Crippen LogP contribution is -2.15. The van der Waals surface area contributed by atoms with Gasteiger partial charge in [-0.2, -0.15) is 0 Å². The van der Waals surface area contributed by atoms with E-state index in [0.717, 1.165) is 16.8 Å². The molecule has 0 aliphatic carbocycles. The van der Waals surface area contributed by atoms with Crippen molar-refractivity contribution in [2.24, 2.45) is 0 Å². The molecule has 0 saturated carbocycles. The lowest BCUT2D eigenvalue weighted by Gasteiger charge is -2.14. The molecule has 2 aromatic carbocycles. The summed E-state index contributed by atoms with van der Waals surface area (Å²) >= 11 is 9.08. The summed E-state index contributed by atoms with van der Waals surface area (Å²) in [5.41, 5.74) is 1.60. The number of hydrogen-bond acceptors (Lipinski definition) is 6. The zero-order chi connectivity index (χ0) is 22.0. The van der Waals surface area contributed by atoms with Gasteiger partial charge in [0.05, 0.1) is 18.6 Å². The van der Waals surface area contributed by atoms with Crippen LogP contribution in [0, 0.1) is 0 Å². The van der Waals surface area contributed by atoms with Crippen LogP contribution in [-0.2, 0) is 4.79 Å². The second-order valence-electron chi connectivity index (χ2n) is 7.10. The first-order valence-electron chi connectivity index (χ1n) is 9.65. The van der Waals surface area contributed by atoms with E-state index in [1.165, 1.54) is 16.5 Å². The number of carbonyl (C=O) groups excluding carboxylic acids is 1. The van der Waals surface area contributed by atoms with Gasteiger partial charge in [-0.1, -0.05) is 41.6 Å². The highest BCUT2D eigenvalue weighted by molar-refractivity contribution is 7.99. The SMILES string of the molecule is COc1ccc(Cl)cc1NC(=O)CSc1nnc(-c2csc3ccccc23)n1C(C)C. The lowest BCUT2D eigenvalue weighted by molar-refractivity contribution is -0.113. The van der Waals surface area contributed by atoms with Gasteiger partial charge in [0.25, 0.3) is 0 Å². The fourth-order valence-corrected chi connectivity index (χ4v) is 5.25. The van der Waals surface area contributed by atoms with E-state index in [-0.39, 0.29) is 17.7 Å². The predicted octanol–water partition coefficient (Wildman–Crippen LogP) is 6.13. The predicted molar refractivity (Wildman–Crippen MR) is 129 cm³/mol. The van der Waals surface area contributed by atoms with Crippen LogP contribution in [0.15, 0.2) is 53.0 Å². The van der Waals surface area contributed by atoms with Crippen molar-refractivity contribution in [3.05, 3.63) is 52.9 Å². The lowest BCUT2D eigenvalue weighted by atomic mass is 10.1. The Kier molecular flexibility index (Phi) is 6.50. The third-order valence-electron chi connectivity index (χ3n) is 4.67. The summed E-state index contributed by atoms with van der Waals surface area (Å²) in [5.74, 6) is 1.38. The van der Waals surface area contributed by atoms with Crippen molar-refractivity contribution in [3.63, 3.8) is 0 Å². The maximum absolute atomic E-state index is 12.6. The van der Waals surface area contributed by atoms with Gasteiger partial charge < -0.3 is 10.1 Å². The van der Waals surface area contributed by atoms with Crippen molar-refractivity contribution in [2.75, 3.05) is 18.2 Å². The Balaban J connectivity index is 1.55. The van der Waals surface area contributed by atoms with E-state index >= 15 is 0 Å². The molecule has 2 aromatic heterocycles. The van der Waals surface area contributed by atoms with Crippen LogP contribution < -0.4 is 10.1 Å². The number of ether oxygens (including phenoxy) is 1. The van der Waals surface area contributed by atoms with Gasteiger partial charge in [0, 0.05) is 32.1 Å². The normalized spacial score (nSPS) is 11.3. The number of aromatic nitrogens is 3. The molecule has 1 N–H and O–H groups in total. The Morgan fingerprint density at radius 1 is 1.26 bits per heavy atom. The number of carbonyl (C=O) groups is 1. The molecule has 0 unspecified atom stereocenters. The summed E-state index contributed by atoms with van der Waals surface area (Å²) in [7, 11) is 1.55. The number of benzene rings is 2. The van der Waals surface area contributed by atoms with E-state index in [1.807, 2.05) is 12.1 Å². The molecule has 31 heavy (non-hydrogen) atoms. The number of rotatable bonds is 7. The molecule has 6 nitrogen and oxygen atoms in total. The Labute approximate surface area is 193 Å². The maximum atomic E-state index is 12.6. The molecule has 0 fully saturated rings. The van der Waals surface area contributed by atoms with E-state index in [4.69, 9.17) is 16.3 Å². The summed E-state index contributed by atoms with van der Waals surface area (Å²) in [6, 6.07) is 13.5. The van der Waals surface area contributed by atoms with Crippen molar-refractivity contribution >= 4 is 56.4 Å². The minimum absolute atomic E-state index is 0.141. The second-order valence-corrected chi connectivity index (χ2v) is 9.39. The fraction of sp³-hybridized carbons (Fsp3) is 0.227. The van der Waals surface area contributed by atoms with Crippen LogP contribution in [0.4, 0.5) is 5.69 Å². The Hall–Kier alpha value is -2.55. The fourth-order valence-electron chi connectivity index (χ4n) is 3.27. The number of amides is 1. The highest BCUT2D eigenvalue weighted by atomic mass is 35.5. The average Bonchev–Trinajstić information content (AvgIpc) is 3.36. The van der Waals surface area contributed by atoms with Gasteiger partial charge in [-0.25, -0.2) is 0 Å². The topological polar surface area (TPSA) is 69.0 Å². The van der Waals surface area contributed by atoms with Gasteiger partial charge in [0.1, 0.15) is 5.75 Å². The quantitative estimate of drug-likeness (QED) is 0.327. The molecular weight excluding hydrogens is 452 g/mol. The minimum Gasteiger partial charge on any atom is -0.495 e. The first-order chi connectivity index (χ1) is 15.0. The van der Waals surface area contributed by atoms with Crippen LogP contribution in [-0.4, -0.2) is 33.5 Å². The Morgan fingerprint density at radius 3 is 2.84 bits per heavy atom. The van der Waals surface area contributed by atoms with Crippen molar-refractivity contribution < 1.29 is 9.53 Å². The van der Waals surface area contributed by atoms with Crippen molar-refractivity contribution in [1.82, 2.24) is 14.8 Å². The molecule has 1 amide bonds. The number of anilines is 1. The van der Waals surface area contributed by atoms with Crippen molar-refractivity contribution in [1.29, 1.82) is 0 Å². The molecule has 4 rings (SSSR count). The molecule has 9 heteroatoms. The van der Waals surface area contributed by atoms with Crippen LogP contribution in [0.1, 0.15) is 19.9 Å². The summed E-state index contributed by atoms with van der Waals surface area (Å²) in [5, 5.41) is 16.2. The molecule has 4 aromatic rings. The highest BCUT2D eigenvalue weighted by Crippen LogP contribution is 2.36. The Bertz CT molecular complexity index is 1240. The second kappa shape index (κ2) is 9.30. The largest absolute Gasteiger partial charge is 0.495 e. The molecule has 0 spiro atoms. The number of thiophene rings is 1. The first-order valence-corrected chi connectivity index (χ1v) is 11.9. The molecule has 160 valence electrons. The van der Waals surface area contributed by atoms with Crippen LogP contribution in [0.3, 0.4) is 0 Å². The monoisotopic (exact) mass is 472 g/mol. The van der Waals surface area contributed by atoms with Crippen LogP contribution in [0.5, 0.6) is 5.75 Å². The Morgan fingerprint density at radius 2 is 2.06 bits per heavy atom. The van der Waals surface area contributed by atoms with E-state index < -0.39 is 0 Å². The number of halogens is 1. The molecular formula is C22H21ClN4O2S2. The number of nitrogens with one attached hydrogen (secondary N) is 1. The highest BCUT2D eigenvalue weighted by Gasteiger charge is 2.20. The van der Waals surface area contributed by atoms with Gasteiger partial charge in [-0.15, -0.1) is 21.5 Å². The third kappa shape index (κ3) is 4.56. The zero-order valence-corrected chi connectivity index (χ0v) is 19.6. The number of fused-ring (bicyclic) bond motifs is 1. The van der Waals surface area contributed by atoms with E-state index in [2.05, 4.69) is 51.4 Å². The summed E-state index contributed by atoms with van der Waals surface area (Å²) in [6.45, 7) is 4.17. The molecule has 2 heterocycles. The van der Waals surface area contributed by atoms with Crippen molar-refractivity contribution in [2.45, 2.75) is 25.0 Å². The van der Waals surface area contributed by atoms with Crippen LogP contribution >= 0.6 is 34.7 Å². The third-order valence-corrected chi connectivity index (χ3v) is 6.81. The van der Waals surface area contributed by atoms with Gasteiger partial charge in [-0.05, 0) is 38.1 Å². The zero-order valence-electron chi connectivity index (χ0n) is 17.3. The maximum Gasteiger partial charge on any atom is 0.234 e. The molecule has 0 bridgehead atoms. The standard InChI is InChI=1S/C22H21ClN4O2S2/c1-13(2)27-21(16-11-30-19-7-5-4-6-15(16)19)25-26-22(27)31-12-20(28)24-17-10-14(23)8-9-18(17)29-3/h4-11,13H,12H2,1-3H3,(H,24,28). The summed E-state index contributed by atoms with van der Waals surface area (Å²) < 4.78 is 8.57.